The molecule has 2 aromatic heterocycles. The van der Waals surface area contributed by atoms with Crippen molar-refractivity contribution in [1.29, 1.82) is 0 Å². The van der Waals surface area contributed by atoms with Gasteiger partial charge in [0.1, 0.15) is 28.7 Å². The molecule has 5 fully saturated rings. The van der Waals surface area contributed by atoms with Crippen LogP contribution in [-0.2, 0) is 25.7 Å². The molecule has 74 heavy (non-hydrogen) atoms. The number of amides is 4. The molecule has 0 spiro atoms. The van der Waals surface area contributed by atoms with E-state index >= 15 is 0 Å². The Morgan fingerprint density at radius 1 is 1.01 bits per heavy atom. The number of nitrogens with two attached hydrogens (primary N) is 1. The molecule has 4 amide bonds. The molecule has 398 valence electrons. The molecule has 5 aliphatic rings. The van der Waals surface area contributed by atoms with E-state index in [9.17, 15) is 28.7 Å². The number of alkyl halides is 1. The van der Waals surface area contributed by atoms with Gasteiger partial charge in [-0.3, -0.25) is 19.2 Å². The molecule has 2 saturated carbocycles. The van der Waals surface area contributed by atoms with Crippen molar-refractivity contribution in [2.75, 3.05) is 56.0 Å². The minimum atomic E-state index is -1.98. The number of anilines is 2. The Morgan fingerprint density at radius 3 is 2.41 bits per heavy atom. The van der Waals surface area contributed by atoms with Crippen LogP contribution in [0, 0.1) is 29.6 Å². The van der Waals surface area contributed by atoms with Crippen LogP contribution in [0.1, 0.15) is 96.7 Å². The lowest BCUT2D eigenvalue weighted by molar-refractivity contribution is -0.145. The van der Waals surface area contributed by atoms with Gasteiger partial charge in [-0.2, -0.15) is 0 Å². The molecule has 2 aliphatic carbocycles. The van der Waals surface area contributed by atoms with Gasteiger partial charge < -0.3 is 46.2 Å². The van der Waals surface area contributed by atoms with Crippen molar-refractivity contribution >= 4 is 69.8 Å². The van der Waals surface area contributed by atoms with Crippen LogP contribution in [-0.4, -0.2) is 129 Å². The van der Waals surface area contributed by atoms with E-state index in [1.807, 2.05) is 54.4 Å². The summed E-state index contributed by atoms with van der Waals surface area (Å²) in [7, 11) is 0. The lowest BCUT2D eigenvalue weighted by Gasteiger charge is -2.42. The molecule has 20 heteroatoms. The first kappa shape index (κ1) is 53.7. The molecule has 3 atom stereocenters. The number of ether oxygens (including phenoxy) is 1. The highest BCUT2D eigenvalue weighted by molar-refractivity contribution is 7.99. The minimum absolute atomic E-state index is 0.0191. The quantitative estimate of drug-likeness (QED) is 0.0700. The number of nitrogens with zero attached hydrogens (tertiary/aromatic N) is 6. The Labute approximate surface area is 446 Å². The van der Waals surface area contributed by atoms with Crippen LogP contribution in [0.3, 0.4) is 0 Å². The number of benzene rings is 2. The lowest BCUT2D eigenvalue weighted by atomic mass is 9.80. The Kier molecular flexibility index (Phi) is 16.2. The van der Waals surface area contributed by atoms with Gasteiger partial charge in [0.05, 0.1) is 51.4 Å². The zero-order chi connectivity index (χ0) is 52.5. The summed E-state index contributed by atoms with van der Waals surface area (Å²) in [5.41, 5.74) is 8.61. The molecule has 0 radical (unpaired) electrons. The number of hydrogen-bond donors (Lipinski definition) is 5. The summed E-state index contributed by atoms with van der Waals surface area (Å²) in [5.74, 6) is 0.0305. The topological polar surface area (TPSA) is 208 Å². The van der Waals surface area contributed by atoms with E-state index in [2.05, 4.69) is 32.8 Å². The van der Waals surface area contributed by atoms with Gasteiger partial charge >= 0.3 is 0 Å². The van der Waals surface area contributed by atoms with Crippen molar-refractivity contribution < 1.29 is 33.4 Å². The second kappa shape index (κ2) is 22.3. The average molecular weight is 1070 g/mol. The van der Waals surface area contributed by atoms with Gasteiger partial charge in [-0.25, -0.2) is 19.3 Å². The van der Waals surface area contributed by atoms with Crippen LogP contribution in [0.15, 0.2) is 64.2 Å². The van der Waals surface area contributed by atoms with E-state index in [0.29, 0.717) is 68.6 Å². The van der Waals surface area contributed by atoms with Gasteiger partial charge in [0.25, 0.3) is 5.91 Å². The predicted molar refractivity (Wildman–Crippen MR) is 286 cm³/mol. The fraction of sp³-hybridized carbons (Fsp3) is 0.574. The van der Waals surface area contributed by atoms with Crippen molar-refractivity contribution in [3.05, 3.63) is 70.6 Å². The number of nitrogens with one attached hydrogen (secondary N) is 3. The number of aliphatic hydroxyl groups is 1. The number of likely N-dealkylation sites (tertiary alicyclic amines) is 2. The predicted octanol–water partition coefficient (Wildman–Crippen LogP) is 7.40. The summed E-state index contributed by atoms with van der Waals surface area (Å²) in [6.07, 6.45) is 7.59. The second-order valence-corrected chi connectivity index (χ2v) is 24.8. The lowest BCUT2D eigenvalue weighted by Crippen LogP contribution is -2.59. The number of carbonyl (C=O) groups is 4. The number of rotatable bonds is 17. The third-order valence-corrected chi connectivity index (χ3v) is 18.1. The van der Waals surface area contributed by atoms with Gasteiger partial charge in [-0.1, -0.05) is 69.3 Å². The van der Waals surface area contributed by atoms with Crippen molar-refractivity contribution in [2.45, 2.75) is 139 Å². The highest BCUT2D eigenvalue weighted by Gasteiger charge is 2.53. The van der Waals surface area contributed by atoms with Crippen LogP contribution in [0.5, 0.6) is 5.75 Å². The summed E-state index contributed by atoms with van der Waals surface area (Å²) < 4.78 is 21.5. The zero-order valence-electron chi connectivity index (χ0n) is 43.0. The SMILES string of the molecule is Cc1ncsc1-c1ccc(CNC(=O)[C@@H]2C[C@@H](O)CN2C(=O)[C@@H](NC(=O)C2(F)CC2)C(C)(C)C)c(OC2CCC(C(=O)N3CC(CNc4cccc(Sc5cnc(N6CCC(C)(CN)CC6)cn5)c4Cl)C3)CC2)c1. The summed E-state index contributed by atoms with van der Waals surface area (Å²) in [6.45, 7) is 14.1. The number of aryl methyl sites for hydroxylation is 1. The molecule has 0 bridgehead atoms. The van der Waals surface area contributed by atoms with Gasteiger partial charge in [0, 0.05) is 74.5 Å². The standard InChI is InChI=1S/C54H70ClFN10O6S2/c1-32-46(73-31-62-32)35-9-10-36(24-61-48(68)40-22-37(67)29-66(40)50(70)47(52(2,3)4)63-51(71)54(56)15-16-54)41(21-35)72-38-13-11-34(12-14-38)49(69)65-27-33(28-65)23-58-39-7-6-8-42(45(39)55)74-44-26-59-43(25-60-44)64-19-17-53(5,30-57)18-20-64/h6-10,21,25-26,31,33-34,37-38,40,47,58,67H,11-20,22-24,27-30,57H2,1-5H3,(H,61,68)(H,63,71)/t34?,37-,38?,40+,47-/m1/s1. The van der Waals surface area contributed by atoms with Gasteiger partial charge in [0.2, 0.25) is 17.7 Å². The van der Waals surface area contributed by atoms with Crippen LogP contribution in [0.2, 0.25) is 5.02 Å². The fourth-order valence-electron chi connectivity index (χ4n) is 10.4. The number of β-amino-alcohol motifs (C(OH)–C–C–N with tert-alkyl or cyclic N) is 1. The Bertz CT molecular complexity index is 2680. The van der Waals surface area contributed by atoms with Gasteiger partial charge in [0.15, 0.2) is 5.67 Å². The number of thiazole rings is 1. The fourth-order valence-corrected chi connectivity index (χ4v) is 12.3. The molecule has 2 aromatic carbocycles. The first-order valence-corrected chi connectivity index (χ1v) is 28.1. The van der Waals surface area contributed by atoms with Crippen molar-refractivity contribution in [3.8, 4) is 16.2 Å². The first-order chi connectivity index (χ1) is 35.3. The molecule has 3 aliphatic heterocycles. The first-order valence-electron chi connectivity index (χ1n) is 26.0. The van der Waals surface area contributed by atoms with Crippen molar-refractivity contribution in [3.63, 3.8) is 0 Å². The molecule has 16 nitrogen and oxygen atoms in total. The largest absolute Gasteiger partial charge is 0.490 e. The smallest absolute Gasteiger partial charge is 0.258 e. The van der Waals surface area contributed by atoms with Crippen LogP contribution >= 0.6 is 34.7 Å². The Morgan fingerprint density at radius 2 is 1.76 bits per heavy atom. The maximum absolute atomic E-state index is 14.7. The second-order valence-electron chi connectivity index (χ2n) is 22.5. The molecular weight excluding hydrogens is 1000 g/mol. The summed E-state index contributed by atoms with van der Waals surface area (Å²) in [6, 6.07) is 9.69. The van der Waals surface area contributed by atoms with E-state index in [-0.39, 0.29) is 55.7 Å². The molecule has 9 rings (SSSR count). The van der Waals surface area contributed by atoms with E-state index in [1.165, 1.54) is 28.0 Å². The molecule has 6 N–H and O–H groups in total. The monoisotopic (exact) mass is 1070 g/mol. The van der Waals surface area contributed by atoms with Gasteiger partial charge in [-0.05, 0) is 99.4 Å². The van der Waals surface area contributed by atoms with E-state index in [0.717, 1.165) is 69.1 Å². The normalized spacial score (nSPS) is 22.9. The zero-order valence-corrected chi connectivity index (χ0v) is 45.4. The van der Waals surface area contributed by atoms with Crippen LogP contribution < -0.4 is 31.3 Å². The summed E-state index contributed by atoms with van der Waals surface area (Å²) in [4.78, 5) is 75.8. The third-order valence-electron chi connectivity index (χ3n) is 15.6. The van der Waals surface area contributed by atoms with E-state index in [1.54, 1.807) is 32.5 Å². The maximum Gasteiger partial charge on any atom is 0.258 e. The van der Waals surface area contributed by atoms with Crippen LogP contribution in [0.4, 0.5) is 15.9 Å². The number of aliphatic hydroxyl groups excluding tert-OH is 1. The van der Waals surface area contributed by atoms with E-state index < -0.39 is 47.0 Å². The number of carbonyl (C=O) groups excluding carboxylic acids is 4. The molecule has 4 aromatic rings. The minimum Gasteiger partial charge on any atom is -0.490 e. The summed E-state index contributed by atoms with van der Waals surface area (Å²) >= 11 is 9.93. The highest BCUT2D eigenvalue weighted by Crippen LogP contribution is 2.42. The number of aromatic nitrogens is 3. The molecular formula is C54H70ClFN10O6S2. The van der Waals surface area contributed by atoms with E-state index in [4.69, 9.17) is 32.0 Å². The van der Waals surface area contributed by atoms with Crippen molar-refractivity contribution in [1.82, 2.24) is 35.4 Å². The highest BCUT2D eigenvalue weighted by atomic mass is 35.5. The van der Waals surface area contributed by atoms with Crippen LogP contribution in [0.25, 0.3) is 10.4 Å². The molecule has 0 unspecified atom stereocenters. The number of halogens is 2. The summed E-state index contributed by atoms with van der Waals surface area (Å²) in [5, 5.41) is 21.2. The molecule has 5 heterocycles. The average Bonchev–Trinajstić information content (AvgIpc) is 3.78. The Hall–Kier alpha value is -5.08. The number of piperidine rings is 1. The Balaban J connectivity index is 0.757. The maximum atomic E-state index is 14.7. The molecule has 3 saturated heterocycles. The third kappa shape index (κ3) is 12.3. The number of hydrogen-bond acceptors (Lipinski definition) is 14. The van der Waals surface area contributed by atoms with Crippen molar-refractivity contribution in [2.24, 2.45) is 28.4 Å². The van der Waals surface area contributed by atoms with Gasteiger partial charge in [-0.15, -0.1) is 11.3 Å².